The fraction of sp³-hybridized carbons (Fsp3) is 0.750. The number of guanidine groups is 1. The number of halogens is 1. The van der Waals surface area contributed by atoms with E-state index in [1.807, 2.05) is 27.0 Å². The first kappa shape index (κ1) is 27.6. The predicted octanol–water partition coefficient (Wildman–Crippen LogP) is 3.26. The molecule has 0 bridgehead atoms. The maximum Gasteiger partial charge on any atom is 0.252 e. The number of likely N-dealkylation sites (N-methyl/N-ethyl adjacent to an activating group) is 1. The molecule has 1 aliphatic rings. The van der Waals surface area contributed by atoms with Crippen LogP contribution in [0.2, 0.25) is 0 Å². The van der Waals surface area contributed by atoms with Crippen LogP contribution in [0, 0.1) is 5.92 Å². The molecule has 0 spiro atoms. The molecule has 0 aromatic carbocycles. The van der Waals surface area contributed by atoms with E-state index in [-0.39, 0.29) is 24.0 Å². The second kappa shape index (κ2) is 13.9. The zero-order valence-corrected chi connectivity index (χ0v) is 22.6. The van der Waals surface area contributed by atoms with E-state index < -0.39 is 10.0 Å². The lowest BCUT2D eigenvalue weighted by Crippen LogP contribution is -2.40. The lowest BCUT2D eigenvalue weighted by Gasteiger charge is -2.22. The number of hydrogen-bond donors (Lipinski definition) is 1. The van der Waals surface area contributed by atoms with Crippen LogP contribution < -0.4 is 5.32 Å². The Balaban J connectivity index is 0.00000450. The van der Waals surface area contributed by atoms with E-state index in [4.69, 9.17) is 9.73 Å². The third-order valence-electron chi connectivity index (χ3n) is 4.87. The highest BCUT2D eigenvalue weighted by atomic mass is 127. The van der Waals surface area contributed by atoms with Gasteiger partial charge in [-0.25, -0.2) is 8.42 Å². The molecule has 1 saturated carbocycles. The lowest BCUT2D eigenvalue weighted by atomic mass is 10.3. The number of sulfonamides is 1. The molecule has 1 fully saturated rings. The minimum Gasteiger partial charge on any atom is -0.379 e. The molecule has 1 aromatic rings. The van der Waals surface area contributed by atoms with Crippen molar-refractivity contribution in [2.75, 3.05) is 53.0 Å². The lowest BCUT2D eigenvalue weighted by molar-refractivity contribution is 0.115. The number of rotatable bonds is 13. The molecule has 30 heavy (non-hydrogen) atoms. The van der Waals surface area contributed by atoms with Crippen molar-refractivity contribution in [1.82, 2.24) is 14.5 Å². The number of hydrogen-bond acceptors (Lipinski definition) is 5. The topological polar surface area (TPSA) is 74.2 Å². The SMILES string of the molecule is CCNC(=NCCc1ccc(S(=O)(=O)N(CC)CC)s1)N(C)CCOCC1CC1.I. The number of thiophene rings is 1. The highest BCUT2D eigenvalue weighted by Gasteiger charge is 2.23. The standard InChI is InChI=1S/C20H36N4O3S2.HI/c1-5-21-20(23(4)14-15-27-16-17-8-9-17)22-13-12-18-10-11-19(28-18)29(25,26)24(6-2)7-3;/h10-11,17H,5-9,12-16H2,1-4H3,(H,21,22);1H. The van der Waals surface area contributed by atoms with E-state index >= 15 is 0 Å². The molecule has 0 saturated heterocycles. The normalized spacial score (nSPS) is 14.6. The van der Waals surface area contributed by atoms with Gasteiger partial charge in [0.15, 0.2) is 5.96 Å². The molecule has 0 unspecified atom stereocenters. The van der Waals surface area contributed by atoms with Crippen molar-refractivity contribution in [2.24, 2.45) is 10.9 Å². The number of ether oxygens (including phenoxy) is 1. The summed E-state index contributed by atoms with van der Waals surface area (Å²) in [7, 11) is -1.36. The molecule has 1 N–H and O–H groups in total. The third-order valence-corrected chi connectivity index (χ3v) is 8.54. The summed E-state index contributed by atoms with van der Waals surface area (Å²) in [5.41, 5.74) is 0. The van der Waals surface area contributed by atoms with Crippen molar-refractivity contribution in [1.29, 1.82) is 0 Å². The number of nitrogens with one attached hydrogen (secondary N) is 1. The zero-order valence-electron chi connectivity index (χ0n) is 18.6. The number of aliphatic imine (C=N–C) groups is 1. The first-order valence-corrected chi connectivity index (χ1v) is 12.8. The molecule has 2 rings (SSSR count). The van der Waals surface area contributed by atoms with Gasteiger partial charge in [0.05, 0.1) is 6.61 Å². The Morgan fingerprint density at radius 3 is 2.57 bits per heavy atom. The van der Waals surface area contributed by atoms with Crippen LogP contribution in [0.1, 0.15) is 38.5 Å². The fourth-order valence-electron chi connectivity index (χ4n) is 2.91. The Kier molecular flexibility index (Phi) is 12.8. The second-order valence-corrected chi connectivity index (χ2v) is 10.6. The first-order valence-electron chi connectivity index (χ1n) is 10.6. The van der Waals surface area contributed by atoms with E-state index in [1.165, 1.54) is 28.5 Å². The van der Waals surface area contributed by atoms with E-state index in [0.717, 1.165) is 42.9 Å². The average molecular weight is 573 g/mol. The van der Waals surface area contributed by atoms with Crippen LogP contribution in [0.15, 0.2) is 21.3 Å². The predicted molar refractivity (Wildman–Crippen MR) is 136 cm³/mol. The smallest absolute Gasteiger partial charge is 0.252 e. The van der Waals surface area contributed by atoms with Crippen LogP contribution in [0.3, 0.4) is 0 Å². The van der Waals surface area contributed by atoms with Crippen molar-refractivity contribution in [3.8, 4) is 0 Å². The average Bonchev–Trinajstić information content (AvgIpc) is 3.39. The highest BCUT2D eigenvalue weighted by molar-refractivity contribution is 14.0. The highest BCUT2D eigenvalue weighted by Crippen LogP contribution is 2.28. The van der Waals surface area contributed by atoms with Gasteiger partial charge in [-0.2, -0.15) is 4.31 Å². The molecule has 0 aliphatic heterocycles. The summed E-state index contributed by atoms with van der Waals surface area (Å²) < 4.78 is 32.9. The first-order chi connectivity index (χ1) is 13.9. The van der Waals surface area contributed by atoms with Gasteiger partial charge in [0.1, 0.15) is 4.21 Å². The van der Waals surface area contributed by atoms with Gasteiger partial charge in [-0.3, -0.25) is 4.99 Å². The summed E-state index contributed by atoms with van der Waals surface area (Å²) in [4.78, 5) is 7.81. The Morgan fingerprint density at radius 1 is 1.27 bits per heavy atom. The van der Waals surface area contributed by atoms with Crippen LogP contribution in [0.25, 0.3) is 0 Å². The van der Waals surface area contributed by atoms with E-state index in [0.29, 0.717) is 30.5 Å². The summed E-state index contributed by atoms with van der Waals surface area (Å²) in [6, 6.07) is 3.62. The Bertz CT molecular complexity index is 747. The minimum atomic E-state index is -3.38. The van der Waals surface area contributed by atoms with Crippen molar-refractivity contribution < 1.29 is 13.2 Å². The van der Waals surface area contributed by atoms with Gasteiger partial charge >= 0.3 is 0 Å². The fourth-order valence-corrected chi connectivity index (χ4v) is 5.86. The van der Waals surface area contributed by atoms with E-state index in [1.54, 1.807) is 6.07 Å². The van der Waals surface area contributed by atoms with Crippen molar-refractivity contribution in [3.63, 3.8) is 0 Å². The summed E-state index contributed by atoms with van der Waals surface area (Å²) in [6.45, 7) is 10.5. The van der Waals surface area contributed by atoms with Gasteiger partial charge in [0, 0.05) is 57.7 Å². The molecule has 10 heteroatoms. The molecular formula is C20H37IN4O3S2. The monoisotopic (exact) mass is 572 g/mol. The molecule has 1 aliphatic carbocycles. The maximum absolute atomic E-state index is 12.6. The molecule has 0 radical (unpaired) electrons. The molecule has 174 valence electrons. The Labute approximate surface area is 203 Å². The molecule has 0 atom stereocenters. The Morgan fingerprint density at radius 2 is 1.97 bits per heavy atom. The van der Waals surface area contributed by atoms with Gasteiger partial charge in [-0.05, 0) is 37.8 Å². The third kappa shape index (κ3) is 8.60. The van der Waals surface area contributed by atoms with Crippen LogP contribution in [-0.4, -0.2) is 76.6 Å². The van der Waals surface area contributed by atoms with Gasteiger partial charge < -0.3 is 15.0 Å². The van der Waals surface area contributed by atoms with Gasteiger partial charge in [-0.1, -0.05) is 13.8 Å². The summed E-state index contributed by atoms with van der Waals surface area (Å²) in [5, 5.41) is 3.31. The summed E-state index contributed by atoms with van der Waals surface area (Å²) in [6.07, 6.45) is 3.33. The molecule has 0 amide bonds. The second-order valence-electron chi connectivity index (χ2n) is 7.24. The van der Waals surface area contributed by atoms with E-state index in [2.05, 4.69) is 17.1 Å². The van der Waals surface area contributed by atoms with Crippen molar-refractivity contribution in [2.45, 2.75) is 44.2 Å². The quantitative estimate of drug-likeness (QED) is 0.170. The van der Waals surface area contributed by atoms with E-state index in [9.17, 15) is 8.42 Å². The van der Waals surface area contributed by atoms with Gasteiger partial charge in [0.25, 0.3) is 10.0 Å². The largest absolute Gasteiger partial charge is 0.379 e. The van der Waals surface area contributed by atoms with Crippen LogP contribution in [-0.2, 0) is 21.2 Å². The molecule has 7 nitrogen and oxygen atoms in total. The van der Waals surface area contributed by atoms with Crippen LogP contribution >= 0.6 is 35.3 Å². The molecule has 1 heterocycles. The van der Waals surface area contributed by atoms with Gasteiger partial charge in [0.2, 0.25) is 0 Å². The van der Waals surface area contributed by atoms with Crippen LogP contribution in [0.5, 0.6) is 0 Å². The maximum atomic E-state index is 12.6. The van der Waals surface area contributed by atoms with Crippen molar-refractivity contribution >= 4 is 51.3 Å². The molecule has 1 aromatic heterocycles. The van der Waals surface area contributed by atoms with Crippen LogP contribution in [0.4, 0.5) is 0 Å². The zero-order chi connectivity index (χ0) is 21.3. The molecular weight excluding hydrogens is 535 g/mol. The minimum absolute atomic E-state index is 0. The Hall–Kier alpha value is -0.430. The summed E-state index contributed by atoms with van der Waals surface area (Å²) in [5.74, 6) is 1.64. The van der Waals surface area contributed by atoms with Gasteiger partial charge in [-0.15, -0.1) is 35.3 Å². The number of nitrogens with zero attached hydrogens (tertiary/aromatic N) is 3. The summed E-state index contributed by atoms with van der Waals surface area (Å²) >= 11 is 1.34. The van der Waals surface area contributed by atoms with Crippen molar-refractivity contribution in [3.05, 3.63) is 17.0 Å².